The quantitative estimate of drug-likeness (QED) is 0.528. The second-order valence-corrected chi connectivity index (χ2v) is 4.99. The first-order chi connectivity index (χ1) is 7.29. The summed E-state index contributed by atoms with van der Waals surface area (Å²) in [5, 5.41) is 22.1. The van der Waals surface area contributed by atoms with Crippen molar-refractivity contribution in [1.82, 2.24) is 4.83 Å². The van der Waals surface area contributed by atoms with Crippen LogP contribution >= 0.6 is 0 Å². The van der Waals surface area contributed by atoms with E-state index in [1.165, 1.54) is 19.1 Å². The van der Waals surface area contributed by atoms with E-state index in [4.69, 9.17) is 5.11 Å². The maximum Gasteiger partial charge on any atom is 0.244 e. The highest BCUT2D eigenvalue weighted by molar-refractivity contribution is 7.88. The van der Waals surface area contributed by atoms with E-state index < -0.39 is 10.0 Å². The molecule has 0 atom stereocenters. The predicted molar refractivity (Wildman–Crippen MR) is 60.0 cm³/mol. The zero-order valence-electron chi connectivity index (χ0n) is 8.80. The highest BCUT2D eigenvalue weighted by Crippen LogP contribution is 2.22. The molecule has 0 saturated heterocycles. The Labute approximate surface area is 93.3 Å². The lowest BCUT2D eigenvalue weighted by Gasteiger charge is -2.04. The summed E-state index contributed by atoms with van der Waals surface area (Å²) in [5.41, 5.74) is 0.636. The fraction of sp³-hybridized carbons (Fsp3) is 0.222. The van der Waals surface area contributed by atoms with Gasteiger partial charge in [-0.15, -0.1) is 0 Å². The molecule has 0 saturated carbocycles. The molecule has 16 heavy (non-hydrogen) atoms. The second kappa shape index (κ2) is 4.40. The van der Waals surface area contributed by atoms with Crippen molar-refractivity contribution in [3.05, 3.63) is 23.8 Å². The van der Waals surface area contributed by atoms with Crippen LogP contribution in [-0.4, -0.2) is 30.6 Å². The third-order valence-electron chi connectivity index (χ3n) is 1.75. The number of benzene rings is 1. The summed E-state index contributed by atoms with van der Waals surface area (Å²) in [6.45, 7) is 1.53. The molecule has 0 aliphatic carbocycles. The van der Waals surface area contributed by atoms with E-state index in [9.17, 15) is 13.5 Å². The first-order valence-electron chi connectivity index (χ1n) is 4.33. The van der Waals surface area contributed by atoms with Crippen LogP contribution < -0.4 is 4.83 Å². The van der Waals surface area contributed by atoms with Crippen molar-refractivity contribution in [2.24, 2.45) is 5.10 Å². The molecule has 0 unspecified atom stereocenters. The smallest absolute Gasteiger partial charge is 0.244 e. The van der Waals surface area contributed by atoms with Crippen LogP contribution in [0.1, 0.15) is 12.5 Å². The lowest BCUT2D eigenvalue weighted by Crippen LogP contribution is -2.17. The Bertz CT molecular complexity index is 522. The molecule has 7 heteroatoms. The normalized spacial score (nSPS) is 12.5. The summed E-state index contributed by atoms with van der Waals surface area (Å²) in [6, 6.07) is 3.96. The highest BCUT2D eigenvalue weighted by Gasteiger charge is 2.06. The maximum absolute atomic E-state index is 10.8. The molecule has 0 aliphatic rings. The Morgan fingerprint density at radius 2 is 2.00 bits per heavy atom. The molecule has 0 bridgehead atoms. The van der Waals surface area contributed by atoms with Crippen molar-refractivity contribution in [3.8, 4) is 11.5 Å². The number of phenols is 2. The van der Waals surface area contributed by atoms with Crippen LogP contribution in [0.15, 0.2) is 23.3 Å². The van der Waals surface area contributed by atoms with Gasteiger partial charge < -0.3 is 10.2 Å². The van der Waals surface area contributed by atoms with Crippen molar-refractivity contribution >= 4 is 15.7 Å². The summed E-state index contributed by atoms with van der Waals surface area (Å²) in [7, 11) is -3.42. The molecule has 0 amide bonds. The fourth-order valence-electron chi connectivity index (χ4n) is 1.04. The summed E-state index contributed by atoms with van der Waals surface area (Å²) >= 11 is 0. The van der Waals surface area contributed by atoms with Crippen LogP contribution in [0.4, 0.5) is 0 Å². The van der Waals surface area contributed by atoms with E-state index in [1.807, 2.05) is 4.83 Å². The van der Waals surface area contributed by atoms with E-state index in [-0.39, 0.29) is 11.5 Å². The molecule has 0 heterocycles. The number of rotatable bonds is 3. The van der Waals surface area contributed by atoms with Crippen molar-refractivity contribution in [3.63, 3.8) is 0 Å². The van der Waals surface area contributed by atoms with Gasteiger partial charge in [-0.25, -0.2) is 13.2 Å². The molecule has 1 aromatic rings. The average Bonchev–Trinajstić information content (AvgIpc) is 2.13. The van der Waals surface area contributed by atoms with Gasteiger partial charge in [0.05, 0.1) is 12.0 Å². The van der Waals surface area contributed by atoms with Crippen molar-refractivity contribution in [2.45, 2.75) is 6.92 Å². The Kier molecular flexibility index (Phi) is 3.38. The Hall–Kier alpha value is -1.76. The van der Waals surface area contributed by atoms with Crippen LogP contribution in [0.3, 0.4) is 0 Å². The van der Waals surface area contributed by atoms with Gasteiger partial charge in [0.25, 0.3) is 0 Å². The zero-order valence-corrected chi connectivity index (χ0v) is 9.61. The number of hydrogen-bond donors (Lipinski definition) is 3. The predicted octanol–water partition coefficient (Wildman–Crippen LogP) is 0.371. The Balaban J connectivity index is 3.01. The van der Waals surface area contributed by atoms with Gasteiger partial charge in [0.2, 0.25) is 10.0 Å². The maximum atomic E-state index is 10.8. The van der Waals surface area contributed by atoms with Gasteiger partial charge >= 0.3 is 0 Å². The summed E-state index contributed by atoms with van der Waals surface area (Å²) in [4.78, 5) is 1.95. The van der Waals surface area contributed by atoms with Gasteiger partial charge in [-0.3, -0.25) is 0 Å². The SMILES string of the molecule is C/C(=N\NS(C)(=O)=O)c1ccc(O)cc1O. The molecular formula is C9H12N2O4S. The van der Waals surface area contributed by atoms with Gasteiger partial charge in [0, 0.05) is 11.6 Å². The van der Waals surface area contributed by atoms with Crippen LogP contribution in [0, 0.1) is 0 Å². The topological polar surface area (TPSA) is 99.0 Å². The van der Waals surface area contributed by atoms with Gasteiger partial charge in [-0.2, -0.15) is 5.10 Å². The first kappa shape index (κ1) is 12.3. The molecule has 1 rings (SSSR count). The molecule has 0 aromatic heterocycles. The third kappa shape index (κ3) is 3.43. The number of phenolic OH excluding ortho intramolecular Hbond substituents is 2. The van der Waals surface area contributed by atoms with E-state index >= 15 is 0 Å². The zero-order chi connectivity index (χ0) is 12.3. The Morgan fingerprint density at radius 3 is 2.50 bits per heavy atom. The van der Waals surface area contributed by atoms with Gasteiger partial charge in [-0.1, -0.05) is 0 Å². The van der Waals surface area contributed by atoms with Gasteiger partial charge in [0.1, 0.15) is 11.5 Å². The highest BCUT2D eigenvalue weighted by atomic mass is 32.2. The van der Waals surface area contributed by atoms with Gasteiger partial charge in [-0.05, 0) is 19.1 Å². The van der Waals surface area contributed by atoms with Crippen molar-refractivity contribution in [2.75, 3.05) is 6.26 Å². The van der Waals surface area contributed by atoms with E-state index in [1.54, 1.807) is 0 Å². The minimum Gasteiger partial charge on any atom is -0.508 e. The number of hydrazone groups is 1. The van der Waals surface area contributed by atoms with Gasteiger partial charge in [0.15, 0.2) is 0 Å². The minimum atomic E-state index is -3.42. The molecule has 0 spiro atoms. The van der Waals surface area contributed by atoms with Crippen LogP contribution in [0.25, 0.3) is 0 Å². The molecule has 0 aliphatic heterocycles. The molecule has 3 N–H and O–H groups in total. The van der Waals surface area contributed by atoms with Crippen molar-refractivity contribution in [1.29, 1.82) is 0 Å². The second-order valence-electron chi connectivity index (χ2n) is 3.26. The number of hydrogen-bond acceptors (Lipinski definition) is 5. The standard InChI is InChI=1S/C9H12N2O4S/c1-6(10-11-16(2,14)15)8-4-3-7(12)5-9(8)13/h3-5,11-13H,1-2H3/b10-6+. The molecule has 1 aromatic carbocycles. The van der Waals surface area contributed by atoms with E-state index in [0.717, 1.165) is 12.3 Å². The summed E-state index contributed by atoms with van der Waals surface area (Å²) < 4.78 is 21.6. The monoisotopic (exact) mass is 244 g/mol. The molecule has 88 valence electrons. The van der Waals surface area contributed by atoms with Crippen LogP contribution in [-0.2, 0) is 10.0 Å². The number of sulfonamides is 1. The van der Waals surface area contributed by atoms with E-state index in [0.29, 0.717) is 11.3 Å². The van der Waals surface area contributed by atoms with E-state index in [2.05, 4.69) is 5.10 Å². The average molecular weight is 244 g/mol. The molecule has 0 radical (unpaired) electrons. The summed E-state index contributed by atoms with van der Waals surface area (Å²) in [5.74, 6) is -0.248. The minimum absolute atomic E-state index is 0.0786. The number of aromatic hydroxyl groups is 2. The lowest BCUT2D eigenvalue weighted by atomic mass is 10.1. The fourth-order valence-corrected chi connectivity index (χ4v) is 1.34. The molecular weight excluding hydrogens is 232 g/mol. The van der Waals surface area contributed by atoms with Crippen LogP contribution in [0.2, 0.25) is 0 Å². The third-order valence-corrected chi connectivity index (χ3v) is 2.17. The molecule has 6 nitrogen and oxygen atoms in total. The summed E-state index contributed by atoms with van der Waals surface area (Å²) in [6.07, 6.45) is 0.973. The Morgan fingerprint density at radius 1 is 1.38 bits per heavy atom. The first-order valence-corrected chi connectivity index (χ1v) is 6.22. The van der Waals surface area contributed by atoms with Crippen molar-refractivity contribution < 1.29 is 18.6 Å². The number of nitrogens with zero attached hydrogens (tertiary/aromatic N) is 1. The largest absolute Gasteiger partial charge is 0.508 e. The van der Waals surface area contributed by atoms with Crippen LogP contribution in [0.5, 0.6) is 11.5 Å². The number of nitrogens with one attached hydrogen (secondary N) is 1. The lowest BCUT2D eigenvalue weighted by molar-refractivity contribution is 0.450. The molecule has 0 fully saturated rings.